The molecule has 4 nitrogen and oxygen atoms in total. The van der Waals surface area contributed by atoms with E-state index in [0.717, 1.165) is 45.6 Å². The minimum atomic E-state index is -0.691. The Morgan fingerprint density at radius 3 is 2.56 bits per heavy atom. The predicted molar refractivity (Wildman–Crippen MR) is 70.6 cm³/mol. The molecule has 2 rings (SSSR count). The Morgan fingerprint density at radius 1 is 1.33 bits per heavy atom. The van der Waals surface area contributed by atoms with E-state index in [1.54, 1.807) is 7.11 Å². The minimum absolute atomic E-state index is 0.125. The van der Waals surface area contributed by atoms with Crippen molar-refractivity contribution in [3.8, 4) is 0 Å². The third-order valence-corrected chi connectivity index (χ3v) is 4.76. The Bertz CT molecular complexity index is 276. The monoisotopic (exact) mass is 257 g/mol. The average Bonchev–Trinajstić information content (AvgIpc) is 2.34. The Labute approximate surface area is 110 Å². The van der Waals surface area contributed by atoms with Crippen LogP contribution >= 0.6 is 0 Å². The van der Waals surface area contributed by atoms with Crippen LogP contribution in [-0.2, 0) is 9.47 Å². The molecule has 2 fully saturated rings. The van der Waals surface area contributed by atoms with Gasteiger partial charge in [-0.2, -0.15) is 0 Å². The van der Waals surface area contributed by atoms with E-state index in [-0.39, 0.29) is 5.41 Å². The molecule has 106 valence electrons. The van der Waals surface area contributed by atoms with E-state index in [2.05, 4.69) is 18.7 Å². The van der Waals surface area contributed by atoms with E-state index >= 15 is 0 Å². The Balaban J connectivity index is 2.00. The molecular formula is C14H27NO3. The Morgan fingerprint density at radius 2 is 2.00 bits per heavy atom. The minimum Gasteiger partial charge on any atom is -0.387 e. The average molecular weight is 257 g/mol. The number of rotatable bonds is 3. The van der Waals surface area contributed by atoms with Crippen molar-refractivity contribution < 1.29 is 14.6 Å². The van der Waals surface area contributed by atoms with Gasteiger partial charge in [0, 0.05) is 44.9 Å². The van der Waals surface area contributed by atoms with E-state index < -0.39 is 5.60 Å². The van der Waals surface area contributed by atoms with E-state index in [1.807, 2.05) is 0 Å². The maximum Gasteiger partial charge on any atom is 0.0954 e. The summed E-state index contributed by atoms with van der Waals surface area (Å²) >= 11 is 0. The van der Waals surface area contributed by atoms with E-state index in [4.69, 9.17) is 9.47 Å². The van der Waals surface area contributed by atoms with Crippen molar-refractivity contribution in [2.75, 3.05) is 40.0 Å². The number of nitrogens with zero attached hydrogens (tertiary/aromatic N) is 1. The van der Waals surface area contributed by atoms with E-state index in [1.165, 1.54) is 0 Å². The summed E-state index contributed by atoms with van der Waals surface area (Å²) in [4.78, 5) is 2.53. The highest BCUT2D eigenvalue weighted by atomic mass is 16.5. The van der Waals surface area contributed by atoms with Gasteiger partial charge in [-0.05, 0) is 19.3 Å². The molecule has 2 aliphatic heterocycles. The predicted octanol–water partition coefficient (Wildman–Crippen LogP) is 1.27. The fourth-order valence-corrected chi connectivity index (χ4v) is 3.27. The molecule has 0 spiro atoms. The molecule has 2 heterocycles. The van der Waals surface area contributed by atoms with Gasteiger partial charge < -0.3 is 14.6 Å². The summed E-state index contributed by atoms with van der Waals surface area (Å²) in [5.74, 6) is 0. The Hall–Kier alpha value is -0.160. The number of piperidine rings is 1. The molecule has 1 N–H and O–H groups in total. The normalized spacial score (nSPS) is 34.7. The molecule has 18 heavy (non-hydrogen) atoms. The van der Waals surface area contributed by atoms with Crippen LogP contribution in [0.3, 0.4) is 0 Å². The van der Waals surface area contributed by atoms with Crippen LogP contribution in [0.5, 0.6) is 0 Å². The lowest BCUT2D eigenvalue weighted by molar-refractivity contribution is -0.159. The lowest BCUT2D eigenvalue weighted by Gasteiger charge is -2.52. The number of hydrogen-bond donors (Lipinski definition) is 1. The second kappa shape index (κ2) is 5.45. The van der Waals surface area contributed by atoms with Crippen LogP contribution < -0.4 is 0 Å². The van der Waals surface area contributed by atoms with Crippen molar-refractivity contribution in [3.63, 3.8) is 0 Å². The van der Waals surface area contributed by atoms with Crippen LogP contribution in [0.4, 0.5) is 0 Å². The number of ether oxygens (including phenoxy) is 2. The molecule has 0 aromatic carbocycles. The zero-order valence-corrected chi connectivity index (χ0v) is 11.9. The summed E-state index contributed by atoms with van der Waals surface area (Å²) in [6, 6.07) is 0.630. The summed E-state index contributed by atoms with van der Waals surface area (Å²) in [6.07, 6.45) is 3.04. The number of aliphatic hydroxyl groups is 1. The van der Waals surface area contributed by atoms with Gasteiger partial charge in [0.2, 0.25) is 0 Å². The highest BCUT2D eigenvalue weighted by Crippen LogP contribution is 2.40. The van der Waals surface area contributed by atoms with Crippen molar-refractivity contribution >= 4 is 0 Å². The van der Waals surface area contributed by atoms with Crippen LogP contribution in [0.1, 0.15) is 33.1 Å². The summed E-state index contributed by atoms with van der Waals surface area (Å²) in [7, 11) is 1.67. The molecule has 2 saturated heterocycles. The molecular weight excluding hydrogens is 230 g/mol. The molecule has 0 bridgehead atoms. The Kier molecular flexibility index (Phi) is 4.32. The van der Waals surface area contributed by atoms with Gasteiger partial charge in [-0.1, -0.05) is 13.8 Å². The molecule has 0 radical (unpaired) electrons. The van der Waals surface area contributed by atoms with Crippen LogP contribution in [0.2, 0.25) is 0 Å². The topological polar surface area (TPSA) is 41.9 Å². The fraction of sp³-hybridized carbons (Fsp3) is 1.00. The molecule has 2 aliphatic rings. The highest BCUT2D eigenvalue weighted by Gasteiger charge is 2.48. The van der Waals surface area contributed by atoms with E-state index in [9.17, 15) is 5.11 Å². The number of methoxy groups -OCH3 is 1. The molecule has 4 heteroatoms. The maximum absolute atomic E-state index is 10.7. The van der Waals surface area contributed by atoms with Gasteiger partial charge in [0.15, 0.2) is 0 Å². The first-order chi connectivity index (χ1) is 8.48. The molecule has 0 unspecified atom stereocenters. The standard InChI is InChI=1S/C14H27NO3/c1-13(2)10-15(12-4-8-18-9-5-12)7-6-14(13,16)11-17-3/h12,16H,4-11H2,1-3H3/t14-/m1/s1. The highest BCUT2D eigenvalue weighted by molar-refractivity contribution is 5.00. The van der Waals surface area contributed by atoms with Gasteiger partial charge in [-0.15, -0.1) is 0 Å². The van der Waals surface area contributed by atoms with E-state index in [0.29, 0.717) is 12.6 Å². The van der Waals surface area contributed by atoms with Crippen molar-refractivity contribution in [2.45, 2.75) is 44.8 Å². The van der Waals surface area contributed by atoms with Gasteiger partial charge in [0.25, 0.3) is 0 Å². The smallest absolute Gasteiger partial charge is 0.0954 e. The van der Waals surface area contributed by atoms with Crippen LogP contribution in [0.25, 0.3) is 0 Å². The van der Waals surface area contributed by atoms with Crippen molar-refractivity contribution in [1.82, 2.24) is 4.90 Å². The first kappa shape index (κ1) is 14.3. The SMILES string of the molecule is COC[C@]1(O)CCN(C2CCOCC2)CC1(C)C. The first-order valence-corrected chi connectivity index (χ1v) is 7.02. The largest absolute Gasteiger partial charge is 0.387 e. The van der Waals surface area contributed by atoms with Crippen LogP contribution in [0, 0.1) is 5.41 Å². The zero-order valence-electron chi connectivity index (χ0n) is 11.9. The fourth-order valence-electron chi connectivity index (χ4n) is 3.27. The van der Waals surface area contributed by atoms with Crippen LogP contribution in [0.15, 0.2) is 0 Å². The summed E-state index contributed by atoms with van der Waals surface area (Å²) in [6.45, 7) is 8.40. The van der Waals surface area contributed by atoms with Gasteiger partial charge in [0.1, 0.15) is 0 Å². The molecule has 0 amide bonds. The molecule has 0 aliphatic carbocycles. The third kappa shape index (κ3) is 2.72. The third-order valence-electron chi connectivity index (χ3n) is 4.76. The number of hydrogen-bond acceptors (Lipinski definition) is 4. The van der Waals surface area contributed by atoms with Crippen molar-refractivity contribution in [2.24, 2.45) is 5.41 Å². The second-order valence-corrected chi connectivity index (χ2v) is 6.41. The van der Waals surface area contributed by atoms with Crippen LogP contribution in [-0.4, -0.2) is 61.7 Å². The summed E-state index contributed by atoms with van der Waals surface area (Å²) < 4.78 is 10.6. The second-order valence-electron chi connectivity index (χ2n) is 6.41. The number of likely N-dealkylation sites (tertiary alicyclic amines) is 1. The molecule has 0 aromatic rings. The lowest BCUT2D eigenvalue weighted by Crippen LogP contribution is -2.61. The van der Waals surface area contributed by atoms with Crippen molar-refractivity contribution in [3.05, 3.63) is 0 Å². The summed E-state index contributed by atoms with van der Waals surface area (Å²) in [5.41, 5.74) is -0.816. The quantitative estimate of drug-likeness (QED) is 0.827. The summed E-state index contributed by atoms with van der Waals surface area (Å²) in [5, 5.41) is 10.7. The molecule has 0 aromatic heterocycles. The van der Waals surface area contributed by atoms with Gasteiger partial charge >= 0.3 is 0 Å². The van der Waals surface area contributed by atoms with Gasteiger partial charge in [-0.25, -0.2) is 0 Å². The van der Waals surface area contributed by atoms with Crippen molar-refractivity contribution in [1.29, 1.82) is 0 Å². The van der Waals surface area contributed by atoms with Gasteiger partial charge in [0.05, 0.1) is 12.2 Å². The molecule has 0 saturated carbocycles. The lowest BCUT2D eigenvalue weighted by atomic mass is 9.70. The molecule has 1 atom stereocenters. The first-order valence-electron chi connectivity index (χ1n) is 7.02. The maximum atomic E-state index is 10.7. The zero-order chi connectivity index (χ0) is 13.2. The van der Waals surface area contributed by atoms with Gasteiger partial charge in [-0.3, -0.25) is 4.90 Å².